The molecule has 2 rings (SSSR count). The molecule has 2 amide bonds. The van der Waals surface area contributed by atoms with Crippen molar-refractivity contribution in [1.29, 1.82) is 0 Å². The van der Waals surface area contributed by atoms with Gasteiger partial charge in [0.15, 0.2) is 0 Å². The first kappa shape index (κ1) is 15.6. The van der Waals surface area contributed by atoms with Crippen LogP contribution in [0.25, 0.3) is 0 Å². The fourth-order valence-corrected chi connectivity index (χ4v) is 2.65. The average Bonchev–Trinajstić information content (AvgIpc) is 2.81. The van der Waals surface area contributed by atoms with E-state index in [-0.39, 0.29) is 23.3 Å². The van der Waals surface area contributed by atoms with E-state index in [1.54, 1.807) is 11.2 Å². The van der Waals surface area contributed by atoms with Gasteiger partial charge in [0.05, 0.1) is 6.26 Å². The van der Waals surface area contributed by atoms with E-state index in [0.717, 1.165) is 5.76 Å². The predicted octanol–water partition coefficient (Wildman–Crippen LogP) is 1.97. The molecular formula is C16H24N2O3. The Kier molecular flexibility index (Phi) is 4.40. The summed E-state index contributed by atoms with van der Waals surface area (Å²) in [6.45, 7) is 8.36. The van der Waals surface area contributed by atoms with Gasteiger partial charge in [0.1, 0.15) is 11.8 Å². The van der Waals surface area contributed by atoms with Gasteiger partial charge in [-0.1, -0.05) is 20.8 Å². The summed E-state index contributed by atoms with van der Waals surface area (Å²) in [5.74, 6) is 0.787. The summed E-state index contributed by atoms with van der Waals surface area (Å²) in [7, 11) is 0. The molecule has 2 atom stereocenters. The van der Waals surface area contributed by atoms with E-state index in [4.69, 9.17) is 4.42 Å². The normalized spacial score (nSPS) is 21.9. The van der Waals surface area contributed by atoms with Gasteiger partial charge in [-0.2, -0.15) is 0 Å². The number of nitrogens with zero attached hydrogens (tertiary/aromatic N) is 1. The molecule has 0 saturated carbocycles. The van der Waals surface area contributed by atoms with Crippen molar-refractivity contribution in [2.24, 2.45) is 5.41 Å². The molecular weight excluding hydrogens is 268 g/mol. The second-order valence-electron chi connectivity index (χ2n) is 6.78. The number of amides is 2. The number of carbonyl (C=O) groups excluding carboxylic acids is 2. The number of nitrogens with one attached hydrogen (secondary N) is 1. The standard InChI is InChI=1S/C16H24N2O3/c1-11(10-12-6-5-9-21-12)18-8-7-13(19)17-14(15(18)20)16(2,3)4/h5-6,9,11,14H,7-8,10H2,1-4H3,(H,17,19). The minimum atomic E-state index is -0.480. The van der Waals surface area contributed by atoms with Gasteiger partial charge >= 0.3 is 0 Å². The third kappa shape index (κ3) is 3.65. The Labute approximate surface area is 125 Å². The van der Waals surface area contributed by atoms with Gasteiger partial charge in [-0.3, -0.25) is 9.59 Å². The molecule has 1 saturated heterocycles. The molecule has 21 heavy (non-hydrogen) atoms. The maximum Gasteiger partial charge on any atom is 0.245 e. The molecule has 0 spiro atoms. The van der Waals surface area contributed by atoms with Crippen LogP contribution in [0.1, 0.15) is 39.9 Å². The molecule has 1 aliphatic rings. The Balaban J connectivity index is 2.17. The summed E-state index contributed by atoms with van der Waals surface area (Å²) in [5, 5.41) is 2.86. The zero-order chi connectivity index (χ0) is 15.6. The van der Waals surface area contributed by atoms with E-state index in [1.807, 2.05) is 39.8 Å². The number of rotatable bonds is 3. The van der Waals surface area contributed by atoms with E-state index in [9.17, 15) is 9.59 Å². The van der Waals surface area contributed by atoms with Crippen LogP contribution < -0.4 is 5.32 Å². The monoisotopic (exact) mass is 292 g/mol. The molecule has 2 heterocycles. The minimum Gasteiger partial charge on any atom is -0.469 e. The Morgan fingerprint density at radius 3 is 2.71 bits per heavy atom. The second kappa shape index (κ2) is 5.92. The van der Waals surface area contributed by atoms with Crippen molar-refractivity contribution in [2.75, 3.05) is 6.54 Å². The molecule has 0 aliphatic carbocycles. The highest BCUT2D eigenvalue weighted by Gasteiger charge is 2.39. The van der Waals surface area contributed by atoms with Gasteiger partial charge in [0, 0.05) is 25.4 Å². The number of furan rings is 1. The van der Waals surface area contributed by atoms with Crippen LogP contribution in [0.2, 0.25) is 0 Å². The molecule has 5 nitrogen and oxygen atoms in total. The lowest BCUT2D eigenvalue weighted by Crippen LogP contribution is -2.53. The van der Waals surface area contributed by atoms with Crippen LogP contribution in [0.3, 0.4) is 0 Å². The first-order chi connectivity index (χ1) is 9.79. The zero-order valence-corrected chi connectivity index (χ0v) is 13.2. The van der Waals surface area contributed by atoms with Gasteiger partial charge in [0.25, 0.3) is 0 Å². The fourth-order valence-electron chi connectivity index (χ4n) is 2.65. The van der Waals surface area contributed by atoms with Crippen LogP contribution in [0.5, 0.6) is 0 Å². The van der Waals surface area contributed by atoms with Gasteiger partial charge in [-0.25, -0.2) is 0 Å². The van der Waals surface area contributed by atoms with Crippen LogP contribution in [-0.2, 0) is 16.0 Å². The van der Waals surface area contributed by atoms with E-state index in [1.165, 1.54) is 0 Å². The van der Waals surface area contributed by atoms with Gasteiger partial charge < -0.3 is 14.6 Å². The Hall–Kier alpha value is -1.78. The van der Waals surface area contributed by atoms with Crippen molar-refractivity contribution in [3.63, 3.8) is 0 Å². The van der Waals surface area contributed by atoms with Crippen molar-refractivity contribution >= 4 is 11.8 Å². The van der Waals surface area contributed by atoms with Crippen LogP contribution in [0.4, 0.5) is 0 Å². The van der Waals surface area contributed by atoms with Crippen molar-refractivity contribution in [1.82, 2.24) is 10.2 Å². The van der Waals surface area contributed by atoms with E-state index in [0.29, 0.717) is 19.4 Å². The average molecular weight is 292 g/mol. The summed E-state index contributed by atoms with van der Waals surface area (Å²) < 4.78 is 5.36. The third-order valence-corrected chi connectivity index (χ3v) is 3.89. The van der Waals surface area contributed by atoms with Crippen LogP contribution in [0.15, 0.2) is 22.8 Å². The second-order valence-corrected chi connectivity index (χ2v) is 6.78. The van der Waals surface area contributed by atoms with Crippen LogP contribution >= 0.6 is 0 Å². The minimum absolute atomic E-state index is 0.00111. The predicted molar refractivity (Wildman–Crippen MR) is 79.6 cm³/mol. The summed E-state index contributed by atoms with van der Waals surface area (Å²) in [6.07, 6.45) is 2.64. The lowest BCUT2D eigenvalue weighted by atomic mass is 9.85. The van der Waals surface area contributed by atoms with Crippen molar-refractivity contribution < 1.29 is 14.0 Å². The first-order valence-electron chi connectivity index (χ1n) is 7.41. The highest BCUT2D eigenvalue weighted by Crippen LogP contribution is 2.24. The van der Waals surface area contributed by atoms with E-state index in [2.05, 4.69) is 5.32 Å². The highest BCUT2D eigenvalue weighted by molar-refractivity contribution is 5.90. The molecule has 1 fully saturated rings. The lowest BCUT2D eigenvalue weighted by Gasteiger charge is -2.34. The molecule has 1 N–H and O–H groups in total. The summed E-state index contributed by atoms with van der Waals surface area (Å²) in [6, 6.07) is 3.27. The summed E-state index contributed by atoms with van der Waals surface area (Å²) in [5.41, 5.74) is -0.306. The lowest BCUT2D eigenvalue weighted by molar-refractivity contribution is -0.138. The molecule has 2 unspecified atom stereocenters. The SMILES string of the molecule is CC(Cc1ccco1)N1CCC(=O)NC(C(C)(C)C)C1=O. The molecule has 0 bridgehead atoms. The van der Waals surface area contributed by atoms with E-state index < -0.39 is 6.04 Å². The van der Waals surface area contributed by atoms with E-state index >= 15 is 0 Å². The largest absolute Gasteiger partial charge is 0.469 e. The van der Waals surface area contributed by atoms with Crippen LogP contribution in [0, 0.1) is 5.41 Å². The molecule has 1 aliphatic heterocycles. The van der Waals surface area contributed by atoms with Crippen LogP contribution in [-0.4, -0.2) is 35.3 Å². The number of hydrogen-bond donors (Lipinski definition) is 1. The van der Waals surface area contributed by atoms with Gasteiger partial charge in [-0.15, -0.1) is 0 Å². The molecule has 5 heteroatoms. The Bertz CT molecular complexity index is 502. The molecule has 116 valence electrons. The maximum atomic E-state index is 12.8. The Morgan fingerprint density at radius 1 is 1.43 bits per heavy atom. The molecule has 1 aromatic heterocycles. The van der Waals surface area contributed by atoms with Crippen molar-refractivity contribution in [3.05, 3.63) is 24.2 Å². The fraction of sp³-hybridized carbons (Fsp3) is 0.625. The highest BCUT2D eigenvalue weighted by atomic mass is 16.3. The smallest absolute Gasteiger partial charge is 0.245 e. The molecule has 1 aromatic rings. The first-order valence-corrected chi connectivity index (χ1v) is 7.41. The number of hydrogen-bond acceptors (Lipinski definition) is 3. The van der Waals surface area contributed by atoms with Gasteiger partial charge in [-0.05, 0) is 24.5 Å². The van der Waals surface area contributed by atoms with Gasteiger partial charge in [0.2, 0.25) is 11.8 Å². The van der Waals surface area contributed by atoms with Crippen molar-refractivity contribution in [2.45, 2.75) is 52.6 Å². The zero-order valence-electron chi connectivity index (χ0n) is 13.2. The topological polar surface area (TPSA) is 62.6 Å². The summed E-state index contributed by atoms with van der Waals surface area (Å²) >= 11 is 0. The van der Waals surface area contributed by atoms with Crippen molar-refractivity contribution in [3.8, 4) is 0 Å². The Morgan fingerprint density at radius 2 is 2.14 bits per heavy atom. The number of carbonyl (C=O) groups is 2. The maximum absolute atomic E-state index is 12.8. The molecule has 0 radical (unpaired) electrons. The quantitative estimate of drug-likeness (QED) is 0.926. The third-order valence-electron chi connectivity index (χ3n) is 3.89. The molecule has 0 aromatic carbocycles. The summed E-state index contributed by atoms with van der Waals surface area (Å²) in [4.78, 5) is 26.5.